The van der Waals surface area contributed by atoms with Gasteiger partial charge in [0.05, 0.1) is 0 Å². The zero-order chi connectivity index (χ0) is 18.9. The summed E-state index contributed by atoms with van der Waals surface area (Å²) in [7, 11) is 0. The number of benzene rings is 1. The number of amides is 1. The van der Waals surface area contributed by atoms with Gasteiger partial charge >= 0.3 is 0 Å². The van der Waals surface area contributed by atoms with Gasteiger partial charge in [0.15, 0.2) is 5.82 Å². The van der Waals surface area contributed by atoms with Gasteiger partial charge < -0.3 is 14.8 Å². The number of hydrogen-bond donors (Lipinski definition) is 2. The summed E-state index contributed by atoms with van der Waals surface area (Å²) in [6.45, 7) is 0.564. The van der Waals surface area contributed by atoms with Gasteiger partial charge in [-0.3, -0.25) is 9.78 Å². The lowest BCUT2D eigenvalue weighted by Crippen LogP contribution is -2.26. The SMILES string of the molecule is O=C1NC[C@@H](c2ccccc2)Cc2[nH]c(-c3nc(-c4cccnc4)no3)nc21. The molecule has 0 bridgehead atoms. The second-order valence-corrected chi connectivity index (χ2v) is 6.60. The molecule has 1 atom stereocenters. The summed E-state index contributed by atoms with van der Waals surface area (Å²) in [5.74, 6) is 0.991. The molecule has 2 N–H and O–H groups in total. The first-order valence-corrected chi connectivity index (χ1v) is 8.94. The number of aromatic amines is 1. The fraction of sp³-hybridized carbons (Fsp3) is 0.150. The number of aromatic nitrogens is 5. The van der Waals surface area contributed by atoms with Crippen molar-refractivity contribution in [3.05, 3.63) is 71.8 Å². The third-order valence-electron chi connectivity index (χ3n) is 4.77. The number of nitrogens with one attached hydrogen (secondary N) is 2. The molecule has 0 spiro atoms. The maximum atomic E-state index is 12.5. The Balaban J connectivity index is 1.47. The normalized spacial score (nSPS) is 16.3. The van der Waals surface area contributed by atoms with Crippen molar-refractivity contribution in [1.29, 1.82) is 0 Å². The zero-order valence-corrected chi connectivity index (χ0v) is 14.8. The van der Waals surface area contributed by atoms with Crippen molar-refractivity contribution in [3.63, 3.8) is 0 Å². The second kappa shape index (κ2) is 6.73. The minimum absolute atomic E-state index is 0.160. The van der Waals surface area contributed by atoms with Crippen LogP contribution in [0.15, 0.2) is 59.4 Å². The Labute approximate surface area is 160 Å². The van der Waals surface area contributed by atoms with E-state index >= 15 is 0 Å². The van der Waals surface area contributed by atoms with E-state index < -0.39 is 0 Å². The number of hydrogen-bond acceptors (Lipinski definition) is 6. The third kappa shape index (κ3) is 2.94. The lowest BCUT2D eigenvalue weighted by molar-refractivity contribution is 0.0950. The highest BCUT2D eigenvalue weighted by atomic mass is 16.5. The molecule has 0 aliphatic carbocycles. The Morgan fingerprint density at radius 3 is 2.79 bits per heavy atom. The van der Waals surface area contributed by atoms with Crippen molar-refractivity contribution in [2.45, 2.75) is 12.3 Å². The number of H-pyrrole nitrogens is 1. The summed E-state index contributed by atoms with van der Waals surface area (Å²) in [4.78, 5) is 28.5. The Morgan fingerprint density at radius 2 is 1.96 bits per heavy atom. The van der Waals surface area contributed by atoms with E-state index in [0.29, 0.717) is 30.3 Å². The number of carbonyl (C=O) groups excluding carboxylic acids is 1. The monoisotopic (exact) mass is 372 g/mol. The van der Waals surface area contributed by atoms with E-state index in [-0.39, 0.29) is 17.7 Å². The van der Waals surface area contributed by atoms with Gasteiger partial charge in [-0.2, -0.15) is 4.98 Å². The predicted molar refractivity (Wildman–Crippen MR) is 100 cm³/mol. The van der Waals surface area contributed by atoms with E-state index in [2.05, 4.69) is 42.5 Å². The Bertz CT molecular complexity index is 1120. The number of imidazole rings is 1. The molecule has 3 aromatic heterocycles. The summed E-state index contributed by atoms with van der Waals surface area (Å²) in [5.41, 5.74) is 3.05. The molecule has 0 radical (unpaired) electrons. The molecule has 0 fully saturated rings. The largest absolute Gasteiger partial charge is 0.350 e. The minimum Gasteiger partial charge on any atom is -0.350 e. The molecular formula is C20H16N6O2. The highest BCUT2D eigenvalue weighted by Crippen LogP contribution is 2.27. The van der Waals surface area contributed by atoms with Gasteiger partial charge in [0.1, 0.15) is 5.69 Å². The fourth-order valence-electron chi connectivity index (χ4n) is 3.36. The molecule has 1 aliphatic rings. The van der Waals surface area contributed by atoms with Crippen molar-refractivity contribution in [3.8, 4) is 23.1 Å². The highest BCUT2D eigenvalue weighted by molar-refractivity contribution is 5.94. The van der Waals surface area contributed by atoms with Crippen LogP contribution in [0, 0.1) is 0 Å². The van der Waals surface area contributed by atoms with Crippen LogP contribution in [0.3, 0.4) is 0 Å². The van der Waals surface area contributed by atoms with Gasteiger partial charge in [-0.15, -0.1) is 0 Å². The molecule has 0 saturated carbocycles. The lowest BCUT2D eigenvalue weighted by Gasteiger charge is -2.14. The molecule has 28 heavy (non-hydrogen) atoms. The number of rotatable bonds is 3. The van der Waals surface area contributed by atoms with Crippen LogP contribution in [0.5, 0.6) is 0 Å². The highest BCUT2D eigenvalue weighted by Gasteiger charge is 2.27. The molecule has 4 heterocycles. The summed E-state index contributed by atoms with van der Waals surface area (Å²) in [5, 5.41) is 6.93. The van der Waals surface area contributed by atoms with E-state index in [1.165, 1.54) is 5.56 Å². The first kappa shape index (κ1) is 16.4. The van der Waals surface area contributed by atoms with Crippen molar-refractivity contribution in [2.75, 3.05) is 6.54 Å². The Kier molecular flexibility index (Phi) is 3.93. The number of carbonyl (C=O) groups is 1. The summed E-state index contributed by atoms with van der Waals surface area (Å²) < 4.78 is 5.35. The van der Waals surface area contributed by atoms with Crippen LogP contribution in [0.25, 0.3) is 23.1 Å². The van der Waals surface area contributed by atoms with Crippen molar-refractivity contribution in [1.82, 2.24) is 30.4 Å². The molecule has 0 saturated heterocycles. The topological polar surface area (TPSA) is 110 Å². The molecule has 1 aliphatic heterocycles. The first-order valence-electron chi connectivity index (χ1n) is 8.94. The quantitative estimate of drug-likeness (QED) is 0.572. The summed E-state index contributed by atoms with van der Waals surface area (Å²) >= 11 is 0. The molecule has 0 unspecified atom stereocenters. The Morgan fingerprint density at radius 1 is 1.07 bits per heavy atom. The summed E-state index contributed by atoms with van der Waals surface area (Å²) in [6, 6.07) is 13.8. The van der Waals surface area contributed by atoms with Crippen LogP contribution in [-0.2, 0) is 6.42 Å². The molecule has 8 heteroatoms. The maximum absolute atomic E-state index is 12.5. The average Bonchev–Trinajstić information content (AvgIpc) is 3.37. The minimum atomic E-state index is -0.206. The number of nitrogens with zero attached hydrogens (tertiary/aromatic N) is 4. The van der Waals surface area contributed by atoms with E-state index in [0.717, 1.165) is 11.3 Å². The first-order chi connectivity index (χ1) is 13.8. The number of fused-ring (bicyclic) bond motifs is 1. The average molecular weight is 372 g/mol. The molecule has 1 amide bonds. The molecule has 138 valence electrons. The van der Waals surface area contributed by atoms with E-state index in [9.17, 15) is 4.79 Å². The fourth-order valence-corrected chi connectivity index (χ4v) is 3.36. The van der Waals surface area contributed by atoms with Crippen LogP contribution in [-0.4, -0.2) is 37.5 Å². The van der Waals surface area contributed by atoms with Crippen LogP contribution >= 0.6 is 0 Å². The lowest BCUT2D eigenvalue weighted by atomic mass is 9.94. The molecule has 4 aromatic rings. The van der Waals surface area contributed by atoms with Crippen molar-refractivity contribution >= 4 is 5.91 Å². The van der Waals surface area contributed by atoms with Crippen LogP contribution < -0.4 is 5.32 Å². The number of pyridine rings is 1. The van der Waals surface area contributed by atoms with E-state index in [4.69, 9.17) is 4.52 Å². The molecule has 5 rings (SSSR count). The maximum Gasteiger partial charge on any atom is 0.294 e. The standard InChI is InChI=1S/C20H16N6O2/c27-19-16-15(9-14(11-22-19)12-5-2-1-3-6-12)23-18(24-16)20-25-17(26-28-20)13-7-4-8-21-10-13/h1-8,10,14H,9,11H2,(H,22,27)(H,23,24)/t14-/m0/s1. The zero-order valence-electron chi connectivity index (χ0n) is 14.8. The van der Waals surface area contributed by atoms with Gasteiger partial charge in [-0.1, -0.05) is 35.5 Å². The molecule has 8 nitrogen and oxygen atoms in total. The van der Waals surface area contributed by atoms with Crippen LogP contribution in [0.4, 0.5) is 0 Å². The summed E-state index contributed by atoms with van der Waals surface area (Å²) in [6.07, 6.45) is 3.99. The second-order valence-electron chi connectivity index (χ2n) is 6.60. The Hall–Kier alpha value is -3.81. The van der Waals surface area contributed by atoms with Gasteiger partial charge in [-0.05, 0) is 24.1 Å². The van der Waals surface area contributed by atoms with E-state index in [1.807, 2.05) is 24.3 Å². The van der Waals surface area contributed by atoms with Gasteiger partial charge in [0.2, 0.25) is 5.82 Å². The van der Waals surface area contributed by atoms with E-state index in [1.54, 1.807) is 18.5 Å². The van der Waals surface area contributed by atoms with Crippen LogP contribution in [0.2, 0.25) is 0 Å². The smallest absolute Gasteiger partial charge is 0.294 e. The van der Waals surface area contributed by atoms with Crippen LogP contribution in [0.1, 0.15) is 27.7 Å². The third-order valence-corrected chi connectivity index (χ3v) is 4.77. The predicted octanol–water partition coefficient (Wildman–Crippen LogP) is 2.59. The van der Waals surface area contributed by atoms with Gasteiger partial charge in [0.25, 0.3) is 11.8 Å². The van der Waals surface area contributed by atoms with Crippen molar-refractivity contribution in [2.24, 2.45) is 0 Å². The van der Waals surface area contributed by atoms with Crippen molar-refractivity contribution < 1.29 is 9.32 Å². The molecule has 1 aromatic carbocycles. The van der Waals surface area contributed by atoms with Gasteiger partial charge in [0, 0.05) is 36.1 Å². The van der Waals surface area contributed by atoms with Gasteiger partial charge in [-0.25, -0.2) is 4.98 Å². The molecular weight excluding hydrogens is 356 g/mol.